The molecule has 0 aromatic heterocycles. The number of thioether (sulfide) groups is 1. The Morgan fingerprint density at radius 3 is 2.70 bits per heavy atom. The lowest BCUT2D eigenvalue weighted by atomic mass is 10.3. The molecule has 10 heavy (non-hydrogen) atoms. The van der Waals surface area contributed by atoms with Crippen LogP contribution in [0, 0.1) is 0 Å². The number of allylic oxidation sites excluding steroid dienone is 2. The summed E-state index contributed by atoms with van der Waals surface area (Å²) in [6, 6.07) is 0. The summed E-state index contributed by atoms with van der Waals surface area (Å²) in [6.45, 7) is 7.92. The Bertz CT molecular complexity index is 110. The third kappa shape index (κ3) is 7.83. The van der Waals surface area contributed by atoms with Crippen molar-refractivity contribution in [3.8, 4) is 0 Å². The van der Waals surface area contributed by atoms with E-state index in [1.54, 1.807) is 0 Å². The predicted molar refractivity (Wildman–Crippen MR) is 51.3 cm³/mol. The molecular formula is C9H16S. The van der Waals surface area contributed by atoms with Gasteiger partial charge in [0, 0.05) is 0 Å². The smallest absolute Gasteiger partial charge is 0.00230 e. The van der Waals surface area contributed by atoms with E-state index in [-0.39, 0.29) is 0 Å². The van der Waals surface area contributed by atoms with Crippen LogP contribution in [0.5, 0.6) is 0 Å². The number of hydrogen-bond donors (Lipinski definition) is 0. The van der Waals surface area contributed by atoms with E-state index in [0.717, 1.165) is 6.42 Å². The summed E-state index contributed by atoms with van der Waals surface area (Å²) < 4.78 is 0. The van der Waals surface area contributed by atoms with Crippen molar-refractivity contribution < 1.29 is 0 Å². The van der Waals surface area contributed by atoms with Crippen LogP contribution in [0.2, 0.25) is 0 Å². The van der Waals surface area contributed by atoms with Crippen molar-refractivity contribution in [3.63, 3.8) is 0 Å². The van der Waals surface area contributed by atoms with Gasteiger partial charge in [-0.15, -0.1) is 18.3 Å². The zero-order chi connectivity index (χ0) is 7.82. The Kier molecular flexibility index (Phi) is 6.83. The monoisotopic (exact) mass is 156 g/mol. The highest BCUT2D eigenvalue weighted by Gasteiger charge is 1.82. The first-order valence-corrected chi connectivity index (χ1v) is 4.68. The van der Waals surface area contributed by atoms with E-state index in [2.05, 4.69) is 25.8 Å². The number of rotatable bonds is 5. The Balaban J connectivity index is 3.05. The van der Waals surface area contributed by atoms with Crippen LogP contribution < -0.4 is 0 Å². The Labute approximate surface area is 68.4 Å². The fourth-order valence-corrected chi connectivity index (χ4v) is 1.32. The van der Waals surface area contributed by atoms with Gasteiger partial charge in [-0.2, -0.15) is 0 Å². The fourth-order valence-electron chi connectivity index (χ4n) is 0.537. The summed E-state index contributed by atoms with van der Waals surface area (Å²) in [4.78, 5) is 0. The summed E-state index contributed by atoms with van der Waals surface area (Å²) in [5.41, 5.74) is 1.39. The lowest BCUT2D eigenvalue weighted by molar-refractivity contribution is 0.976. The minimum atomic E-state index is 1.14. The van der Waals surface area contributed by atoms with Gasteiger partial charge in [0.05, 0.1) is 0 Å². The molecule has 0 atom stereocenters. The predicted octanol–water partition coefficient (Wildman–Crippen LogP) is 3.61. The molecule has 0 rings (SSSR count). The van der Waals surface area contributed by atoms with Crippen LogP contribution in [0.1, 0.15) is 26.7 Å². The maximum Gasteiger partial charge on any atom is -0.00230 e. The first kappa shape index (κ1) is 9.83. The zero-order valence-electron chi connectivity index (χ0n) is 6.89. The largest absolute Gasteiger partial charge is 0.134 e. The molecule has 0 heterocycles. The average Bonchev–Trinajstić information content (AvgIpc) is 1.87. The van der Waals surface area contributed by atoms with Gasteiger partial charge < -0.3 is 0 Å². The van der Waals surface area contributed by atoms with Gasteiger partial charge >= 0.3 is 0 Å². The minimum Gasteiger partial charge on any atom is -0.134 e. The Morgan fingerprint density at radius 1 is 1.50 bits per heavy atom. The molecule has 0 amide bonds. The molecule has 0 unspecified atom stereocenters. The minimum absolute atomic E-state index is 1.14. The lowest BCUT2D eigenvalue weighted by Gasteiger charge is -1.92. The van der Waals surface area contributed by atoms with Crippen LogP contribution in [0.25, 0.3) is 0 Å². The fraction of sp³-hybridized carbons (Fsp3) is 0.556. The van der Waals surface area contributed by atoms with Crippen LogP contribution in [-0.4, -0.2) is 5.75 Å². The van der Waals surface area contributed by atoms with E-state index in [1.807, 2.05) is 17.8 Å². The Hall–Kier alpha value is -0.170. The van der Waals surface area contributed by atoms with E-state index in [0.29, 0.717) is 0 Å². The second-order valence-electron chi connectivity index (χ2n) is 2.50. The van der Waals surface area contributed by atoms with E-state index < -0.39 is 0 Å². The molecule has 0 nitrogen and oxygen atoms in total. The third-order valence-electron chi connectivity index (χ3n) is 0.989. The van der Waals surface area contributed by atoms with Crippen LogP contribution in [0.15, 0.2) is 23.6 Å². The van der Waals surface area contributed by atoms with Crippen LogP contribution >= 0.6 is 11.8 Å². The summed E-state index contributed by atoms with van der Waals surface area (Å²) in [7, 11) is 0. The van der Waals surface area contributed by atoms with Gasteiger partial charge in [0.1, 0.15) is 0 Å². The molecule has 0 aliphatic carbocycles. The second-order valence-corrected chi connectivity index (χ2v) is 3.47. The first-order valence-electron chi connectivity index (χ1n) is 3.63. The molecule has 0 aromatic carbocycles. The summed E-state index contributed by atoms with van der Waals surface area (Å²) in [6.07, 6.45) is 4.37. The quantitative estimate of drug-likeness (QED) is 0.433. The van der Waals surface area contributed by atoms with Crippen molar-refractivity contribution in [1.82, 2.24) is 0 Å². The summed E-state index contributed by atoms with van der Waals surface area (Å²) in [5, 5.41) is 2.21. The molecular weight excluding hydrogens is 140 g/mol. The molecule has 0 aliphatic heterocycles. The number of unbranched alkanes of at least 4 members (excludes halogenated alkanes) is 1. The molecule has 1 heteroatoms. The van der Waals surface area contributed by atoms with E-state index in [1.165, 1.54) is 17.7 Å². The van der Waals surface area contributed by atoms with Gasteiger partial charge in [-0.3, -0.25) is 0 Å². The summed E-state index contributed by atoms with van der Waals surface area (Å²) in [5.74, 6) is 1.22. The first-order chi connectivity index (χ1) is 4.77. The van der Waals surface area contributed by atoms with E-state index in [9.17, 15) is 0 Å². The highest BCUT2D eigenvalue weighted by atomic mass is 32.2. The van der Waals surface area contributed by atoms with Crippen molar-refractivity contribution in [3.05, 3.63) is 23.6 Å². The van der Waals surface area contributed by atoms with Gasteiger partial charge in [0.2, 0.25) is 0 Å². The lowest BCUT2D eigenvalue weighted by Crippen LogP contribution is -1.74. The molecule has 0 spiro atoms. The topological polar surface area (TPSA) is 0 Å². The molecule has 0 aliphatic rings. The van der Waals surface area contributed by atoms with Gasteiger partial charge in [-0.05, 0) is 37.9 Å². The van der Waals surface area contributed by atoms with Gasteiger partial charge in [0.25, 0.3) is 0 Å². The van der Waals surface area contributed by atoms with Crippen LogP contribution in [-0.2, 0) is 0 Å². The zero-order valence-corrected chi connectivity index (χ0v) is 7.71. The number of hydrogen-bond acceptors (Lipinski definition) is 1. The maximum absolute atomic E-state index is 3.67. The second kappa shape index (κ2) is 6.94. The summed E-state index contributed by atoms with van der Waals surface area (Å²) >= 11 is 1.89. The third-order valence-corrected chi connectivity index (χ3v) is 2.15. The van der Waals surface area contributed by atoms with E-state index >= 15 is 0 Å². The van der Waals surface area contributed by atoms with Crippen LogP contribution in [0.3, 0.4) is 0 Å². The molecule has 58 valence electrons. The highest BCUT2D eigenvalue weighted by molar-refractivity contribution is 8.02. The van der Waals surface area contributed by atoms with E-state index in [4.69, 9.17) is 0 Å². The standard InChI is InChI=1S/C9H16S/c1-4-5-6-7-10-8-9(2)3/h4,8H,1,5-7H2,2-3H3. The van der Waals surface area contributed by atoms with Crippen molar-refractivity contribution in [1.29, 1.82) is 0 Å². The van der Waals surface area contributed by atoms with Gasteiger partial charge in [-0.1, -0.05) is 11.6 Å². The van der Waals surface area contributed by atoms with Crippen molar-refractivity contribution >= 4 is 11.8 Å². The molecule has 0 N–H and O–H groups in total. The normalized spacial score (nSPS) is 9.00. The van der Waals surface area contributed by atoms with Gasteiger partial charge in [-0.25, -0.2) is 0 Å². The van der Waals surface area contributed by atoms with Crippen molar-refractivity contribution in [2.24, 2.45) is 0 Å². The molecule has 0 fully saturated rings. The Morgan fingerprint density at radius 2 is 2.20 bits per heavy atom. The van der Waals surface area contributed by atoms with Gasteiger partial charge in [0.15, 0.2) is 0 Å². The maximum atomic E-state index is 3.67. The molecule has 0 bridgehead atoms. The van der Waals surface area contributed by atoms with Crippen molar-refractivity contribution in [2.75, 3.05) is 5.75 Å². The SMILES string of the molecule is C=CCCCSC=C(C)C. The van der Waals surface area contributed by atoms with Crippen molar-refractivity contribution in [2.45, 2.75) is 26.7 Å². The molecule has 0 aromatic rings. The highest BCUT2D eigenvalue weighted by Crippen LogP contribution is 2.08. The van der Waals surface area contributed by atoms with Crippen LogP contribution in [0.4, 0.5) is 0 Å². The molecule has 0 saturated heterocycles. The average molecular weight is 156 g/mol. The molecule has 0 saturated carbocycles. The molecule has 0 radical (unpaired) electrons.